The first-order chi connectivity index (χ1) is 11.4. The van der Waals surface area contributed by atoms with E-state index in [2.05, 4.69) is 67.6 Å². The summed E-state index contributed by atoms with van der Waals surface area (Å²) in [6.07, 6.45) is 12.0. The fourth-order valence-electron chi connectivity index (χ4n) is 3.60. The number of benzene rings is 2. The van der Waals surface area contributed by atoms with Crippen LogP contribution in [0.4, 0.5) is 0 Å². The second-order valence-corrected chi connectivity index (χ2v) is 6.81. The maximum atomic E-state index is 2.50. The van der Waals surface area contributed by atoms with E-state index in [1.165, 1.54) is 61.6 Å². The zero-order chi connectivity index (χ0) is 15.9. The Morgan fingerprint density at radius 1 is 0.826 bits per heavy atom. The van der Waals surface area contributed by atoms with Crippen molar-refractivity contribution in [3.8, 4) is 11.1 Å². The summed E-state index contributed by atoms with van der Waals surface area (Å²) in [6.45, 7) is 2.29. The van der Waals surface area contributed by atoms with Gasteiger partial charge in [-0.3, -0.25) is 0 Å². The van der Waals surface area contributed by atoms with Crippen LogP contribution in [0.3, 0.4) is 0 Å². The topological polar surface area (TPSA) is 0 Å². The number of unbranched alkanes of at least 4 members (excludes halogenated alkanes) is 2. The van der Waals surface area contributed by atoms with Crippen LogP contribution in [-0.4, -0.2) is 0 Å². The highest BCUT2D eigenvalue weighted by Gasteiger charge is 2.15. The van der Waals surface area contributed by atoms with Crippen molar-refractivity contribution in [2.75, 3.05) is 0 Å². The van der Waals surface area contributed by atoms with Gasteiger partial charge in [-0.15, -0.1) is 0 Å². The van der Waals surface area contributed by atoms with Gasteiger partial charge in [0.25, 0.3) is 0 Å². The second kappa shape index (κ2) is 8.15. The summed E-state index contributed by atoms with van der Waals surface area (Å²) in [5.41, 5.74) is 5.57. The number of rotatable bonds is 6. The molecule has 2 aromatic rings. The molecule has 1 aliphatic rings. The fourth-order valence-corrected chi connectivity index (χ4v) is 3.60. The summed E-state index contributed by atoms with van der Waals surface area (Å²) in [5.74, 6) is 0.925. The van der Waals surface area contributed by atoms with Crippen LogP contribution in [-0.2, 0) is 0 Å². The van der Waals surface area contributed by atoms with Crippen molar-refractivity contribution in [3.05, 3.63) is 66.2 Å². The van der Waals surface area contributed by atoms with Crippen molar-refractivity contribution in [2.24, 2.45) is 5.92 Å². The number of hydrogen-bond donors (Lipinski definition) is 0. The molecule has 0 heteroatoms. The van der Waals surface area contributed by atoms with E-state index >= 15 is 0 Å². The molecule has 0 aliphatic heterocycles. The lowest BCUT2D eigenvalue weighted by atomic mass is 9.83. The Labute approximate surface area is 141 Å². The molecule has 0 saturated carbocycles. The van der Waals surface area contributed by atoms with E-state index in [0.717, 1.165) is 5.92 Å². The minimum absolute atomic E-state index is 0.925. The second-order valence-electron chi connectivity index (χ2n) is 6.81. The van der Waals surface area contributed by atoms with Gasteiger partial charge in [-0.25, -0.2) is 0 Å². The molecule has 120 valence electrons. The van der Waals surface area contributed by atoms with Crippen LogP contribution in [0.15, 0.2) is 60.7 Å². The maximum absolute atomic E-state index is 2.50. The average molecular weight is 304 g/mol. The lowest BCUT2D eigenvalue weighted by Gasteiger charge is -2.22. The molecule has 0 unspecified atom stereocenters. The van der Waals surface area contributed by atoms with E-state index in [4.69, 9.17) is 0 Å². The van der Waals surface area contributed by atoms with Gasteiger partial charge in [0.1, 0.15) is 0 Å². The Hall–Kier alpha value is -1.82. The Bertz CT molecular complexity index is 619. The van der Waals surface area contributed by atoms with Crippen LogP contribution in [0, 0.1) is 5.92 Å². The maximum Gasteiger partial charge on any atom is -0.0184 e. The van der Waals surface area contributed by atoms with Crippen LogP contribution in [0.25, 0.3) is 16.7 Å². The number of hydrogen-bond acceptors (Lipinski definition) is 0. The van der Waals surface area contributed by atoms with Gasteiger partial charge in [0.2, 0.25) is 0 Å². The Morgan fingerprint density at radius 3 is 2.17 bits per heavy atom. The van der Waals surface area contributed by atoms with E-state index in [1.54, 1.807) is 5.57 Å². The molecule has 0 heterocycles. The highest BCUT2D eigenvalue weighted by Crippen LogP contribution is 2.33. The third-order valence-electron chi connectivity index (χ3n) is 5.10. The van der Waals surface area contributed by atoms with Gasteiger partial charge in [-0.1, -0.05) is 93.3 Å². The highest BCUT2D eigenvalue weighted by molar-refractivity contribution is 5.70. The van der Waals surface area contributed by atoms with Gasteiger partial charge >= 0.3 is 0 Å². The minimum Gasteiger partial charge on any atom is -0.0804 e. The molecule has 0 aromatic heterocycles. The average Bonchev–Trinajstić information content (AvgIpc) is 2.63. The predicted molar refractivity (Wildman–Crippen MR) is 101 cm³/mol. The molecule has 0 N–H and O–H groups in total. The number of allylic oxidation sites excluding steroid dienone is 2. The van der Waals surface area contributed by atoms with Crippen molar-refractivity contribution in [2.45, 2.75) is 51.9 Å². The van der Waals surface area contributed by atoms with E-state index in [1.807, 2.05) is 0 Å². The van der Waals surface area contributed by atoms with Crippen molar-refractivity contribution < 1.29 is 0 Å². The van der Waals surface area contributed by atoms with Crippen LogP contribution < -0.4 is 0 Å². The van der Waals surface area contributed by atoms with Crippen LogP contribution >= 0.6 is 0 Å². The molecule has 0 bridgehead atoms. The zero-order valence-electron chi connectivity index (χ0n) is 14.3. The quantitative estimate of drug-likeness (QED) is 0.498. The summed E-state index contributed by atoms with van der Waals surface area (Å²) in [5, 5.41) is 0. The smallest absolute Gasteiger partial charge is 0.0184 e. The lowest BCUT2D eigenvalue weighted by Crippen LogP contribution is -2.05. The molecule has 0 radical (unpaired) electrons. The Balaban J connectivity index is 1.62. The SMILES string of the molecule is CCCCC[C@@H]1CC=C(c2ccc(-c3ccccc3)cc2)CC1. The van der Waals surface area contributed by atoms with E-state index in [-0.39, 0.29) is 0 Å². The molecule has 3 rings (SSSR count). The van der Waals surface area contributed by atoms with Gasteiger partial charge in [0.15, 0.2) is 0 Å². The molecular weight excluding hydrogens is 276 g/mol. The standard InChI is InChI=1S/C23H28/c1-2-3-5-8-19-11-13-21(14-12-19)23-17-15-22(16-18-23)20-9-6-4-7-10-20/h4,6-7,9-10,13,15-19H,2-3,5,8,11-12,14H2,1H3/t19-/m1/s1. The fraction of sp³-hybridized carbons (Fsp3) is 0.391. The molecule has 0 saturated heterocycles. The predicted octanol–water partition coefficient (Wildman–Crippen LogP) is 7.12. The van der Waals surface area contributed by atoms with Gasteiger partial charge in [0.05, 0.1) is 0 Å². The first kappa shape index (κ1) is 16.1. The molecule has 0 nitrogen and oxygen atoms in total. The minimum atomic E-state index is 0.925. The summed E-state index contributed by atoms with van der Waals surface area (Å²) in [4.78, 5) is 0. The van der Waals surface area contributed by atoms with Crippen molar-refractivity contribution in [1.29, 1.82) is 0 Å². The van der Waals surface area contributed by atoms with E-state index < -0.39 is 0 Å². The summed E-state index contributed by atoms with van der Waals surface area (Å²) >= 11 is 0. The molecule has 1 aliphatic carbocycles. The van der Waals surface area contributed by atoms with E-state index in [0.29, 0.717) is 0 Å². The van der Waals surface area contributed by atoms with E-state index in [9.17, 15) is 0 Å². The molecule has 0 fully saturated rings. The third kappa shape index (κ3) is 4.34. The van der Waals surface area contributed by atoms with Gasteiger partial charge < -0.3 is 0 Å². The molecular formula is C23H28. The largest absolute Gasteiger partial charge is 0.0804 e. The molecule has 1 atom stereocenters. The van der Waals surface area contributed by atoms with Crippen molar-refractivity contribution >= 4 is 5.57 Å². The summed E-state index contributed by atoms with van der Waals surface area (Å²) in [6, 6.07) is 19.7. The van der Waals surface area contributed by atoms with Crippen LogP contribution in [0.2, 0.25) is 0 Å². The van der Waals surface area contributed by atoms with Crippen LogP contribution in [0.5, 0.6) is 0 Å². The van der Waals surface area contributed by atoms with Crippen molar-refractivity contribution in [3.63, 3.8) is 0 Å². The molecule has 23 heavy (non-hydrogen) atoms. The normalized spacial score (nSPS) is 17.8. The van der Waals surface area contributed by atoms with Gasteiger partial charge in [-0.05, 0) is 47.4 Å². The third-order valence-corrected chi connectivity index (χ3v) is 5.10. The monoisotopic (exact) mass is 304 g/mol. The Kier molecular flexibility index (Phi) is 5.69. The summed E-state index contributed by atoms with van der Waals surface area (Å²) in [7, 11) is 0. The highest BCUT2D eigenvalue weighted by atomic mass is 14.2. The molecule has 0 amide bonds. The van der Waals surface area contributed by atoms with Crippen LogP contribution in [0.1, 0.15) is 57.4 Å². The first-order valence-corrected chi connectivity index (χ1v) is 9.21. The van der Waals surface area contributed by atoms with Gasteiger partial charge in [-0.2, -0.15) is 0 Å². The summed E-state index contributed by atoms with van der Waals surface area (Å²) < 4.78 is 0. The first-order valence-electron chi connectivity index (χ1n) is 9.21. The van der Waals surface area contributed by atoms with Crippen molar-refractivity contribution in [1.82, 2.24) is 0 Å². The zero-order valence-corrected chi connectivity index (χ0v) is 14.3. The molecule has 0 spiro atoms. The molecule has 2 aromatic carbocycles. The Morgan fingerprint density at radius 2 is 1.52 bits per heavy atom. The van der Waals surface area contributed by atoms with Gasteiger partial charge in [0, 0.05) is 0 Å². The lowest BCUT2D eigenvalue weighted by molar-refractivity contribution is 0.428.